The molecule has 1 aliphatic rings. The van der Waals surface area contributed by atoms with E-state index < -0.39 is 0 Å². The van der Waals surface area contributed by atoms with E-state index in [9.17, 15) is 0 Å². The second-order valence-electron chi connectivity index (χ2n) is 5.50. The first kappa shape index (κ1) is 17.0. The molecule has 1 saturated heterocycles. The van der Waals surface area contributed by atoms with Crippen LogP contribution in [0.15, 0.2) is 18.2 Å². The van der Waals surface area contributed by atoms with Gasteiger partial charge >= 0.3 is 0 Å². The van der Waals surface area contributed by atoms with Gasteiger partial charge in [-0.15, -0.1) is 0 Å². The lowest BCUT2D eigenvalue weighted by Gasteiger charge is -2.34. The second-order valence-corrected chi connectivity index (χ2v) is 6.29. The molecule has 0 aliphatic carbocycles. The molecule has 1 heterocycles. The first-order valence-electron chi connectivity index (χ1n) is 7.62. The number of hydrogen-bond acceptors (Lipinski definition) is 3. The fraction of sp³-hybridized carbons (Fsp3) is 0.625. The molecule has 5 heteroatoms. The molecule has 1 fully saturated rings. The molecule has 0 saturated carbocycles. The summed E-state index contributed by atoms with van der Waals surface area (Å²) in [4.78, 5) is 2.48. The Morgan fingerprint density at radius 2 is 2.24 bits per heavy atom. The number of morpholine rings is 1. The second kappa shape index (κ2) is 8.35. The lowest BCUT2D eigenvalue weighted by atomic mass is 10.0. The maximum absolute atomic E-state index is 6.37. The van der Waals surface area contributed by atoms with Gasteiger partial charge in [-0.3, -0.25) is 4.90 Å². The Bertz CT molecular complexity index is 456. The van der Waals surface area contributed by atoms with E-state index in [1.807, 2.05) is 12.1 Å². The molecule has 0 aromatic heterocycles. The topological polar surface area (TPSA) is 24.5 Å². The molecule has 3 nitrogen and oxygen atoms in total. The first-order chi connectivity index (χ1) is 10.1. The van der Waals surface area contributed by atoms with Crippen molar-refractivity contribution >= 4 is 23.2 Å². The normalized spacial score (nSPS) is 21.4. The molecule has 118 valence electrons. The average molecular weight is 331 g/mol. The van der Waals surface area contributed by atoms with Crippen LogP contribution < -0.4 is 5.32 Å². The third kappa shape index (κ3) is 4.57. The number of benzene rings is 1. The lowest BCUT2D eigenvalue weighted by Crippen LogP contribution is -2.44. The predicted molar refractivity (Wildman–Crippen MR) is 89.4 cm³/mol. The number of nitrogens with one attached hydrogen (secondary N) is 1. The molecule has 0 radical (unpaired) electrons. The summed E-state index contributed by atoms with van der Waals surface area (Å²) < 4.78 is 5.49. The van der Waals surface area contributed by atoms with E-state index in [1.54, 1.807) is 0 Å². The molecule has 1 N–H and O–H groups in total. The van der Waals surface area contributed by atoms with Crippen LogP contribution in [-0.4, -0.2) is 43.8 Å². The Balaban J connectivity index is 2.03. The van der Waals surface area contributed by atoms with Crippen molar-refractivity contribution in [1.82, 2.24) is 10.2 Å². The van der Waals surface area contributed by atoms with E-state index in [2.05, 4.69) is 30.1 Å². The molecule has 0 spiro atoms. The largest absolute Gasteiger partial charge is 0.379 e. The van der Waals surface area contributed by atoms with Crippen molar-refractivity contribution in [3.8, 4) is 0 Å². The summed E-state index contributed by atoms with van der Waals surface area (Å²) >= 11 is 12.5. The summed E-state index contributed by atoms with van der Waals surface area (Å²) in [5.74, 6) is 0. The molecule has 21 heavy (non-hydrogen) atoms. The van der Waals surface area contributed by atoms with Gasteiger partial charge in [-0.05, 0) is 31.5 Å². The minimum atomic E-state index is 0.233. The zero-order chi connectivity index (χ0) is 15.2. The van der Waals surface area contributed by atoms with Crippen LogP contribution in [0.2, 0.25) is 10.0 Å². The Morgan fingerprint density at radius 3 is 2.95 bits per heavy atom. The Morgan fingerprint density at radius 1 is 1.43 bits per heavy atom. The molecular weight excluding hydrogens is 307 g/mol. The molecule has 2 rings (SSSR count). The van der Waals surface area contributed by atoms with Crippen LogP contribution in [-0.2, 0) is 4.74 Å². The summed E-state index contributed by atoms with van der Waals surface area (Å²) in [5.41, 5.74) is 1.09. The van der Waals surface area contributed by atoms with Gasteiger partial charge < -0.3 is 10.1 Å². The Kier molecular flexibility index (Phi) is 6.77. The van der Waals surface area contributed by atoms with Crippen LogP contribution in [0.25, 0.3) is 0 Å². The van der Waals surface area contributed by atoms with Gasteiger partial charge in [0.1, 0.15) is 0 Å². The predicted octanol–water partition coefficient (Wildman–Crippen LogP) is 3.75. The number of hydrogen-bond donors (Lipinski definition) is 1. The maximum atomic E-state index is 6.37. The van der Waals surface area contributed by atoms with Crippen molar-refractivity contribution in [2.45, 2.75) is 32.4 Å². The van der Waals surface area contributed by atoms with Gasteiger partial charge in [0, 0.05) is 25.2 Å². The quantitative estimate of drug-likeness (QED) is 0.859. The summed E-state index contributed by atoms with van der Waals surface area (Å²) in [6, 6.07) is 6.57. The zero-order valence-corrected chi connectivity index (χ0v) is 14.3. The Labute approximate surface area is 137 Å². The number of nitrogens with zero attached hydrogens (tertiary/aromatic N) is 1. The summed E-state index contributed by atoms with van der Waals surface area (Å²) in [6.07, 6.45) is 1.01. The van der Waals surface area contributed by atoms with E-state index in [0.29, 0.717) is 16.1 Å². The van der Waals surface area contributed by atoms with Crippen LogP contribution in [0.4, 0.5) is 0 Å². The molecule has 1 aromatic rings. The van der Waals surface area contributed by atoms with Gasteiger partial charge in [-0.1, -0.05) is 42.3 Å². The van der Waals surface area contributed by atoms with Gasteiger partial charge in [-0.25, -0.2) is 0 Å². The molecule has 0 bridgehead atoms. The number of rotatable bonds is 6. The fourth-order valence-electron chi connectivity index (χ4n) is 2.79. The van der Waals surface area contributed by atoms with Crippen molar-refractivity contribution in [2.24, 2.45) is 0 Å². The molecule has 0 amide bonds. The summed E-state index contributed by atoms with van der Waals surface area (Å²) in [6.45, 7) is 8.93. The SMILES string of the molecule is CCNC(CCN1CCOCC1C)c1cccc(Cl)c1Cl. The van der Waals surface area contributed by atoms with Crippen molar-refractivity contribution in [2.75, 3.05) is 32.8 Å². The van der Waals surface area contributed by atoms with Crippen molar-refractivity contribution in [3.63, 3.8) is 0 Å². The van der Waals surface area contributed by atoms with Crippen LogP contribution >= 0.6 is 23.2 Å². The summed E-state index contributed by atoms with van der Waals surface area (Å²) in [7, 11) is 0. The highest BCUT2D eigenvalue weighted by atomic mass is 35.5. The van der Waals surface area contributed by atoms with Crippen LogP contribution in [0.5, 0.6) is 0 Å². The van der Waals surface area contributed by atoms with Gasteiger partial charge in [0.25, 0.3) is 0 Å². The van der Waals surface area contributed by atoms with E-state index in [1.165, 1.54) is 0 Å². The molecule has 2 unspecified atom stereocenters. The smallest absolute Gasteiger partial charge is 0.0640 e. The zero-order valence-electron chi connectivity index (χ0n) is 12.7. The maximum Gasteiger partial charge on any atom is 0.0640 e. The number of halogens is 2. The Hall–Kier alpha value is -0.320. The van der Waals surface area contributed by atoms with Crippen LogP contribution in [0.3, 0.4) is 0 Å². The van der Waals surface area contributed by atoms with Gasteiger partial charge in [0.05, 0.1) is 23.3 Å². The molecular formula is C16H24Cl2N2O. The highest BCUT2D eigenvalue weighted by Crippen LogP contribution is 2.31. The monoisotopic (exact) mass is 330 g/mol. The van der Waals surface area contributed by atoms with Crippen molar-refractivity contribution < 1.29 is 4.74 Å². The van der Waals surface area contributed by atoms with Gasteiger partial charge in [-0.2, -0.15) is 0 Å². The molecule has 1 aliphatic heterocycles. The van der Waals surface area contributed by atoms with Crippen molar-refractivity contribution in [1.29, 1.82) is 0 Å². The lowest BCUT2D eigenvalue weighted by molar-refractivity contribution is -0.00180. The van der Waals surface area contributed by atoms with E-state index >= 15 is 0 Å². The van der Waals surface area contributed by atoms with Crippen molar-refractivity contribution in [3.05, 3.63) is 33.8 Å². The van der Waals surface area contributed by atoms with Crippen LogP contribution in [0.1, 0.15) is 31.9 Å². The minimum Gasteiger partial charge on any atom is -0.379 e. The van der Waals surface area contributed by atoms with E-state index in [-0.39, 0.29) is 6.04 Å². The van der Waals surface area contributed by atoms with E-state index in [4.69, 9.17) is 27.9 Å². The van der Waals surface area contributed by atoms with Gasteiger partial charge in [0.2, 0.25) is 0 Å². The minimum absolute atomic E-state index is 0.233. The van der Waals surface area contributed by atoms with Gasteiger partial charge in [0.15, 0.2) is 0 Å². The third-order valence-electron chi connectivity index (χ3n) is 4.02. The van der Waals surface area contributed by atoms with Crippen LogP contribution in [0, 0.1) is 0 Å². The standard InChI is InChI=1S/C16H24Cl2N2O/c1-3-19-15(13-5-4-6-14(17)16(13)18)7-8-20-9-10-21-11-12(20)2/h4-6,12,15,19H,3,7-11H2,1-2H3. The average Bonchev–Trinajstić information content (AvgIpc) is 2.48. The first-order valence-corrected chi connectivity index (χ1v) is 8.38. The van der Waals surface area contributed by atoms with E-state index in [0.717, 1.165) is 44.8 Å². The highest BCUT2D eigenvalue weighted by Gasteiger charge is 2.21. The molecule has 1 aromatic carbocycles. The third-order valence-corrected chi connectivity index (χ3v) is 4.85. The number of ether oxygens (including phenoxy) is 1. The highest BCUT2D eigenvalue weighted by molar-refractivity contribution is 6.42. The summed E-state index contributed by atoms with van der Waals surface area (Å²) in [5, 5.41) is 4.81. The molecule has 2 atom stereocenters. The fourth-order valence-corrected chi connectivity index (χ4v) is 3.23.